The van der Waals surface area contributed by atoms with Crippen LogP contribution >= 0.6 is 0 Å². The van der Waals surface area contributed by atoms with Crippen LogP contribution < -0.4 is 5.73 Å². The molecule has 4 aromatic heterocycles. The van der Waals surface area contributed by atoms with E-state index in [0.29, 0.717) is 34.7 Å². The molecule has 1 atom stereocenters. The average Bonchev–Trinajstić information content (AvgIpc) is 2.86. The zero-order valence-corrected chi connectivity index (χ0v) is 19.3. The van der Waals surface area contributed by atoms with Crippen LogP contribution in [0.3, 0.4) is 0 Å². The van der Waals surface area contributed by atoms with Crippen molar-refractivity contribution in [2.45, 2.75) is 44.9 Å². The smallest absolute Gasteiger partial charge is 0.384 e. The number of aromatic nitrogens is 5. The standard InChI is InChI=1S/C25H22F3N7O/c1-14-9-21(29)34-19-10-15(11-33-22(14)19)24(36)35(13-17-6-5-16(12-32-17)25(26,27)28)20-4-2-3-18-23(20)31-8-7-30-18/h5-12,20H,2-4,13H2,1H3,(H2,29,34)/t20-/m1/s1. The van der Waals surface area contributed by atoms with E-state index in [1.54, 1.807) is 29.4 Å². The molecule has 184 valence electrons. The molecule has 11 heteroatoms. The highest BCUT2D eigenvalue weighted by molar-refractivity contribution is 5.97. The van der Waals surface area contributed by atoms with Crippen LogP contribution in [0.25, 0.3) is 11.0 Å². The second-order valence-electron chi connectivity index (χ2n) is 8.72. The quantitative estimate of drug-likeness (QED) is 0.447. The fourth-order valence-electron chi connectivity index (χ4n) is 4.52. The van der Waals surface area contributed by atoms with Gasteiger partial charge < -0.3 is 10.6 Å². The van der Waals surface area contributed by atoms with E-state index < -0.39 is 17.8 Å². The Morgan fingerprint density at radius 2 is 1.92 bits per heavy atom. The van der Waals surface area contributed by atoms with E-state index in [-0.39, 0.29) is 18.0 Å². The van der Waals surface area contributed by atoms with Crippen molar-refractivity contribution in [3.05, 3.63) is 82.8 Å². The number of carbonyl (C=O) groups is 1. The number of fused-ring (bicyclic) bond motifs is 2. The predicted octanol–water partition coefficient (Wildman–Crippen LogP) is 4.44. The minimum Gasteiger partial charge on any atom is -0.384 e. The molecular weight excluding hydrogens is 471 g/mol. The summed E-state index contributed by atoms with van der Waals surface area (Å²) in [6, 6.07) is 5.16. The van der Waals surface area contributed by atoms with Crippen molar-refractivity contribution in [1.29, 1.82) is 0 Å². The Bertz CT molecular complexity index is 1440. The van der Waals surface area contributed by atoms with E-state index in [2.05, 4.69) is 24.9 Å². The number of nitrogens with zero attached hydrogens (tertiary/aromatic N) is 6. The van der Waals surface area contributed by atoms with Gasteiger partial charge in [-0.15, -0.1) is 0 Å². The normalized spacial score (nSPS) is 15.5. The van der Waals surface area contributed by atoms with Crippen molar-refractivity contribution in [3.63, 3.8) is 0 Å². The molecule has 36 heavy (non-hydrogen) atoms. The lowest BCUT2D eigenvalue weighted by Gasteiger charge is -2.34. The lowest BCUT2D eigenvalue weighted by Crippen LogP contribution is -2.37. The Labute approximate surface area is 204 Å². The highest BCUT2D eigenvalue weighted by Crippen LogP contribution is 2.34. The van der Waals surface area contributed by atoms with E-state index in [1.807, 2.05) is 6.92 Å². The van der Waals surface area contributed by atoms with Crippen molar-refractivity contribution >= 4 is 22.8 Å². The number of amides is 1. The molecule has 1 amide bonds. The van der Waals surface area contributed by atoms with Gasteiger partial charge in [-0.25, -0.2) is 4.98 Å². The van der Waals surface area contributed by atoms with Gasteiger partial charge in [-0.3, -0.25) is 24.7 Å². The van der Waals surface area contributed by atoms with E-state index in [0.717, 1.165) is 36.4 Å². The van der Waals surface area contributed by atoms with Gasteiger partial charge in [0.15, 0.2) is 0 Å². The maximum atomic E-state index is 13.9. The fraction of sp³-hybridized carbons (Fsp3) is 0.280. The first-order chi connectivity index (χ1) is 17.2. The lowest BCUT2D eigenvalue weighted by atomic mass is 9.93. The summed E-state index contributed by atoms with van der Waals surface area (Å²) in [4.78, 5) is 37.1. The zero-order valence-electron chi connectivity index (χ0n) is 19.3. The summed E-state index contributed by atoms with van der Waals surface area (Å²) in [5.74, 6) is -0.0508. The van der Waals surface area contributed by atoms with Crippen molar-refractivity contribution < 1.29 is 18.0 Å². The number of halogens is 3. The molecule has 8 nitrogen and oxygen atoms in total. The molecule has 4 aromatic rings. The maximum absolute atomic E-state index is 13.9. The topological polar surface area (TPSA) is 111 Å². The summed E-state index contributed by atoms with van der Waals surface area (Å²) in [6.45, 7) is 1.84. The largest absolute Gasteiger partial charge is 0.417 e. The predicted molar refractivity (Wildman–Crippen MR) is 126 cm³/mol. The van der Waals surface area contributed by atoms with Crippen molar-refractivity contribution in [3.8, 4) is 0 Å². The second kappa shape index (κ2) is 9.14. The van der Waals surface area contributed by atoms with Crippen LogP contribution in [-0.2, 0) is 19.1 Å². The second-order valence-corrected chi connectivity index (χ2v) is 8.72. The first kappa shape index (κ1) is 23.6. The van der Waals surface area contributed by atoms with Gasteiger partial charge in [0.25, 0.3) is 5.91 Å². The number of hydrogen-bond acceptors (Lipinski definition) is 7. The molecule has 1 aliphatic carbocycles. The molecule has 0 radical (unpaired) electrons. The van der Waals surface area contributed by atoms with Gasteiger partial charge in [0.1, 0.15) is 5.82 Å². The number of hydrogen-bond donors (Lipinski definition) is 1. The number of alkyl halides is 3. The summed E-state index contributed by atoms with van der Waals surface area (Å²) in [5, 5.41) is 0. The van der Waals surface area contributed by atoms with Crippen LogP contribution in [0, 0.1) is 6.92 Å². The van der Waals surface area contributed by atoms with Crippen molar-refractivity contribution in [2.75, 3.05) is 5.73 Å². The molecule has 0 bridgehead atoms. The summed E-state index contributed by atoms with van der Waals surface area (Å²) in [6.07, 6.45) is 3.09. The number of rotatable bonds is 4. The molecule has 1 aliphatic rings. The average molecular weight is 493 g/mol. The Morgan fingerprint density at radius 3 is 2.67 bits per heavy atom. The third kappa shape index (κ3) is 4.56. The maximum Gasteiger partial charge on any atom is 0.417 e. The monoisotopic (exact) mass is 493 g/mol. The summed E-state index contributed by atoms with van der Waals surface area (Å²) in [5.41, 5.74) is 9.06. The van der Waals surface area contributed by atoms with Gasteiger partial charge in [-0.05, 0) is 56.0 Å². The van der Waals surface area contributed by atoms with E-state index in [1.165, 1.54) is 12.3 Å². The highest BCUT2D eigenvalue weighted by atomic mass is 19.4. The number of nitrogen functional groups attached to an aromatic ring is 1. The molecule has 0 unspecified atom stereocenters. The van der Waals surface area contributed by atoms with Gasteiger partial charge in [-0.2, -0.15) is 13.2 Å². The Balaban J connectivity index is 1.55. The van der Waals surface area contributed by atoms with Crippen molar-refractivity contribution in [1.82, 2.24) is 29.8 Å². The van der Waals surface area contributed by atoms with Gasteiger partial charge in [0.2, 0.25) is 0 Å². The van der Waals surface area contributed by atoms with Gasteiger partial charge in [-0.1, -0.05) is 0 Å². The van der Waals surface area contributed by atoms with Crippen LogP contribution in [0.5, 0.6) is 0 Å². The van der Waals surface area contributed by atoms with Gasteiger partial charge in [0, 0.05) is 24.8 Å². The van der Waals surface area contributed by atoms with Crippen LogP contribution in [0.1, 0.15) is 57.5 Å². The SMILES string of the molecule is Cc1cc(N)nc2cc(C(=O)N(Cc3ccc(C(F)(F)F)cn3)[C@@H]3CCCc4nccnc43)cnc12. The molecule has 2 N–H and O–H groups in total. The van der Waals surface area contributed by atoms with Crippen LogP contribution in [0.15, 0.2) is 49.1 Å². The van der Waals surface area contributed by atoms with Crippen LogP contribution in [0.4, 0.5) is 19.0 Å². The van der Waals surface area contributed by atoms with E-state index in [9.17, 15) is 18.0 Å². The Hall–Kier alpha value is -4.15. The minimum absolute atomic E-state index is 0.0148. The molecule has 0 aromatic carbocycles. The van der Waals surface area contributed by atoms with Crippen molar-refractivity contribution in [2.24, 2.45) is 0 Å². The van der Waals surface area contributed by atoms with Gasteiger partial charge >= 0.3 is 6.18 Å². The van der Waals surface area contributed by atoms with Crippen LogP contribution in [-0.4, -0.2) is 35.7 Å². The summed E-state index contributed by atoms with van der Waals surface area (Å²) < 4.78 is 39.1. The lowest BCUT2D eigenvalue weighted by molar-refractivity contribution is -0.137. The number of pyridine rings is 3. The van der Waals surface area contributed by atoms with Crippen LogP contribution in [0.2, 0.25) is 0 Å². The Morgan fingerprint density at radius 1 is 1.11 bits per heavy atom. The summed E-state index contributed by atoms with van der Waals surface area (Å²) in [7, 11) is 0. The number of nitrogens with two attached hydrogens (primary N) is 1. The molecule has 0 spiro atoms. The third-order valence-corrected chi connectivity index (χ3v) is 6.24. The molecule has 0 aliphatic heterocycles. The molecule has 0 saturated heterocycles. The van der Waals surface area contributed by atoms with Gasteiger partial charge in [0.05, 0.1) is 51.8 Å². The first-order valence-corrected chi connectivity index (χ1v) is 11.4. The first-order valence-electron chi connectivity index (χ1n) is 11.4. The third-order valence-electron chi connectivity index (χ3n) is 6.24. The molecule has 0 saturated carbocycles. The highest BCUT2D eigenvalue weighted by Gasteiger charge is 2.34. The molecule has 0 fully saturated rings. The summed E-state index contributed by atoms with van der Waals surface area (Å²) >= 11 is 0. The molecular formula is C25H22F3N7O. The number of carbonyl (C=O) groups excluding carboxylic acids is 1. The van der Waals surface area contributed by atoms with E-state index >= 15 is 0 Å². The zero-order chi connectivity index (χ0) is 25.4. The minimum atomic E-state index is -4.50. The molecule has 5 rings (SSSR count). The number of aryl methyl sites for hydroxylation is 2. The Kier molecular flexibility index (Phi) is 5.99. The number of anilines is 1. The van der Waals surface area contributed by atoms with E-state index in [4.69, 9.17) is 5.73 Å². The fourth-order valence-corrected chi connectivity index (χ4v) is 4.52. The molecule has 4 heterocycles.